The molecule has 0 spiro atoms. The summed E-state index contributed by atoms with van der Waals surface area (Å²) in [6.45, 7) is 0. The second-order valence-electron chi connectivity index (χ2n) is 23.6. The fourth-order valence-electron chi connectivity index (χ4n) is 14.2. The molecule has 2 aliphatic rings. The number of nitrogens with zero attached hydrogens (tertiary/aromatic N) is 5. The molecule has 4 aromatic heterocycles. The molecule has 0 radical (unpaired) electrons. The van der Waals surface area contributed by atoms with E-state index in [0.29, 0.717) is 4.48 Å². The summed E-state index contributed by atoms with van der Waals surface area (Å²) in [5.74, 6) is 0.771. The van der Waals surface area contributed by atoms with Crippen LogP contribution in [0.3, 0.4) is 0 Å². The maximum absolute atomic E-state index is 6.23. The molecule has 20 rings (SSSR count). The zero-order chi connectivity index (χ0) is 59.6. The number of hydrogen-bond acceptors (Lipinski definition) is 6. The van der Waals surface area contributed by atoms with Crippen molar-refractivity contribution in [3.8, 4) is 44.8 Å². The highest BCUT2D eigenvalue weighted by molar-refractivity contribution is 7.26. The third-order valence-corrected chi connectivity index (χ3v) is 21.0. The normalized spacial score (nSPS) is 13.9. The van der Waals surface area contributed by atoms with Crippen LogP contribution in [0.15, 0.2) is 279 Å². The van der Waals surface area contributed by atoms with Gasteiger partial charge in [0.05, 0.1) is 44.3 Å². The smallest absolute Gasteiger partial charge is 0.216 e. The number of quaternary nitrogens is 1. The Labute approximate surface area is 532 Å². The molecular formula is C82H53ClN5S2+. The Morgan fingerprint density at radius 2 is 0.800 bits per heavy atom. The van der Waals surface area contributed by atoms with Crippen molar-refractivity contribution in [1.82, 2.24) is 24.4 Å². The van der Waals surface area contributed by atoms with Gasteiger partial charge in [0, 0.05) is 56.0 Å². The first-order chi connectivity index (χ1) is 44.4. The summed E-state index contributed by atoms with van der Waals surface area (Å²) in [6.07, 6.45) is 1.04. The number of hydrogen-bond donors (Lipinski definition) is 0. The van der Waals surface area contributed by atoms with Crippen molar-refractivity contribution in [3.05, 3.63) is 295 Å². The topological polar surface area (TPSA) is 51.6 Å². The van der Waals surface area contributed by atoms with E-state index in [-0.39, 0.29) is 6.71 Å². The lowest BCUT2D eigenvalue weighted by atomic mass is 9.82. The molecule has 424 valence electrons. The molecule has 14 aromatic carbocycles. The van der Waals surface area contributed by atoms with Gasteiger partial charge in [-0.25, -0.2) is 9.97 Å². The summed E-state index contributed by atoms with van der Waals surface area (Å²) in [7, 11) is 2.28. The Bertz CT molecular complexity index is 6020. The van der Waals surface area contributed by atoms with E-state index in [1.165, 1.54) is 124 Å². The monoisotopic (exact) mass is 1210 g/mol. The molecule has 8 heteroatoms. The summed E-state index contributed by atoms with van der Waals surface area (Å²) in [5, 5.41) is 17.8. The molecule has 1 unspecified atom stereocenters. The number of fused-ring (bicyclic) bond motifs is 14. The molecule has 5 nitrogen and oxygen atoms in total. The summed E-state index contributed by atoms with van der Waals surface area (Å²) in [4.78, 5) is 20.1. The van der Waals surface area contributed by atoms with Crippen molar-refractivity contribution in [3.63, 3.8) is 0 Å². The van der Waals surface area contributed by atoms with E-state index < -0.39 is 0 Å². The van der Waals surface area contributed by atoms with Gasteiger partial charge in [-0.1, -0.05) is 231 Å². The van der Waals surface area contributed by atoms with Crippen LogP contribution < -0.4 is 4.48 Å². The maximum Gasteiger partial charge on any atom is 0.340 e. The van der Waals surface area contributed by atoms with E-state index in [4.69, 9.17) is 21.6 Å². The molecular weight excluding hydrogens is 1150 g/mol. The van der Waals surface area contributed by atoms with Crippen molar-refractivity contribution < 1.29 is 1.43 Å². The van der Waals surface area contributed by atoms with Crippen LogP contribution in [0.25, 0.3) is 150 Å². The van der Waals surface area contributed by atoms with Crippen molar-refractivity contribution in [1.29, 1.82) is 0 Å². The van der Waals surface area contributed by atoms with Crippen LogP contribution in [0, 0.1) is 0 Å². The maximum atomic E-state index is 6.23. The van der Waals surface area contributed by atoms with Crippen LogP contribution in [0.2, 0.25) is 5.28 Å². The van der Waals surface area contributed by atoms with Crippen molar-refractivity contribution in [2.75, 3.05) is 7.05 Å². The van der Waals surface area contributed by atoms with Crippen LogP contribution >= 0.6 is 34.3 Å². The van der Waals surface area contributed by atoms with Gasteiger partial charge in [0.2, 0.25) is 5.28 Å². The Morgan fingerprint density at radius 1 is 0.344 bits per heavy atom. The summed E-state index contributed by atoms with van der Waals surface area (Å²) in [6, 6.07) is 100. The van der Waals surface area contributed by atoms with Gasteiger partial charge in [0.1, 0.15) is 0 Å². The minimum absolute atomic E-state index is 0. The van der Waals surface area contributed by atoms with Gasteiger partial charge in [-0.05, 0) is 136 Å². The van der Waals surface area contributed by atoms with Crippen LogP contribution in [-0.2, 0) is 6.42 Å². The lowest BCUT2D eigenvalue weighted by molar-refractivity contribution is 0.596. The van der Waals surface area contributed by atoms with Crippen LogP contribution in [0.4, 0.5) is 17.3 Å². The largest absolute Gasteiger partial charge is 0.340 e. The number of rotatable bonds is 3. The molecule has 18 aromatic rings. The highest BCUT2D eigenvalue weighted by atomic mass is 35.5. The molecule has 90 heavy (non-hydrogen) atoms. The van der Waals surface area contributed by atoms with Crippen molar-refractivity contribution >= 4 is 157 Å². The summed E-state index contributed by atoms with van der Waals surface area (Å²) >= 11 is 9.73. The average Bonchev–Trinajstić information content (AvgIpc) is 0.944. The fraction of sp³-hybridized carbons (Fsp3) is 0.0244. The van der Waals surface area contributed by atoms with E-state index in [1.807, 2.05) is 24.3 Å². The highest BCUT2D eigenvalue weighted by Crippen LogP contribution is 2.56. The van der Waals surface area contributed by atoms with Gasteiger partial charge in [0.25, 0.3) is 0 Å². The van der Waals surface area contributed by atoms with Gasteiger partial charge in [0.15, 0.2) is 11.4 Å². The highest BCUT2D eigenvalue weighted by Gasteiger charge is 2.43. The predicted molar refractivity (Wildman–Crippen MR) is 386 cm³/mol. The van der Waals surface area contributed by atoms with E-state index in [1.54, 1.807) is 22.7 Å². The standard InChI is InChI=1S/C41H26N3S.C21H14.C20H11ClN2S.H2/c1-44(34-18-9-15-26-14-8-17-31(37(26)34)33-23-28-12-4-5-13-29(28)24-35(33)44)41-42-38(30-21-20-25-10-2-3-11-27(25)22-30)40-39(43-41)32-16-6-7-19-36(32)45-40;1-2-6-16-13-20-18(11-15(16)5-1)12-17-9-3-7-14-8-4-10-19(20)21(14)17;21-20-22-17(14-10-9-12-5-1-2-6-13(12)11-14)19-18(23-20)15-7-3-4-8-16(15)24-19;/h2-24H,1H3;1-11,13H,12H2;1-11H;1H/q+1;;;/i;;;1+1. The average molecular weight is 1210 g/mol. The van der Waals surface area contributed by atoms with Gasteiger partial charge in [-0.2, -0.15) is 14.5 Å². The molecule has 0 fully saturated rings. The molecule has 0 saturated heterocycles. The third-order valence-electron chi connectivity index (χ3n) is 18.5. The summed E-state index contributed by atoms with van der Waals surface area (Å²) in [5.41, 5.74) is 16.5. The summed E-state index contributed by atoms with van der Waals surface area (Å²) < 4.78 is 4.99. The first-order valence-electron chi connectivity index (χ1n) is 30.3. The first-order valence-corrected chi connectivity index (χ1v) is 32.4. The van der Waals surface area contributed by atoms with Gasteiger partial charge < -0.3 is 0 Å². The lowest BCUT2D eigenvalue weighted by Crippen LogP contribution is -2.38. The molecule has 1 aliphatic heterocycles. The zero-order valence-corrected chi connectivity index (χ0v) is 51.1. The van der Waals surface area contributed by atoms with E-state index in [2.05, 4.69) is 272 Å². The predicted octanol–water partition coefficient (Wildman–Crippen LogP) is 23.7. The third kappa shape index (κ3) is 8.46. The number of halogens is 1. The Balaban J connectivity index is 0.000000116. The second-order valence-corrected chi connectivity index (χ2v) is 26.1. The van der Waals surface area contributed by atoms with E-state index in [0.717, 1.165) is 60.7 Å². The van der Waals surface area contributed by atoms with Gasteiger partial charge in [-0.15, -0.1) is 22.7 Å². The molecule has 5 heterocycles. The zero-order valence-electron chi connectivity index (χ0n) is 48.7. The van der Waals surface area contributed by atoms with E-state index in [9.17, 15) is 0 Å². The second kappa shape index (κ2) is 20.8. The number of thiophene rings is 2. The minimum Gasteiger partial charge on any atom is -0.216 e. The first kappa shape index (κ1) is 52.6. The number of aromatic nitrogens is 4. The molecule has 0 bridgehead atoms. The molecule has 0 N–H and O–H groups in total. The molecule has 0 saturated carbocycles. The molecule has 1 atom stereocenters. The lowest BCUT2D eigenvalue weighted by Gasteiger charge is -2.37. The Morgan fingerprint density at radius 3 is 1.41 bits per heavy atom. The molecule has 1 aliphatic carbocycles. The van der Waals surface area contributed by atoms with Gasteiger partial charge in [-0.3, -0.25) is 0 Å². The van der Waals surface area contributed by atoms with Crippen LogP contribution in [0.5, 0.6) is 0 Å². The SMILES string of the molecule is C[N+]1(c2nc(-c3ccc4ccccc4c3)c3sc4ccccc4c3n2)c2cc3ccccc3cc2-c2cccc3cccc1c23.Clc1nc(-c2ccc3ccccc3c2)c2sc3ccccc3c2n1.[2HH].c1ccc2cc3c(cc2c1)Cc1cccc2cccc-3c12. The van der Waals surface area contributed by atoms with E-state index >= 15 is 0 Å². The Hall–Kier alpha value is -10.5. The van der Waals surface area contributed by atoms with Crippen LogP contribution in [0.1, 0.15) is 12.6 Å². The minimum atomic E-state index is 0. The van der Waals surface area contributed by atoms with Crippen LogP contribution in [-0.4, -0.2) is 27.0 Å². The Kier molecular flexibility index (Phi) is 12.2. The van der Waals surface area contributed by atoms with Crippen molar-refractivity contribution in [2.45, 2.75) is 6.42 Å². The number of benzene rings is 14. The van der Waals surface area contributed by atoms with Gasteiger partial charge >= 0.3 is 5.95 Å². The molecule has 0 amide bonds. The van der Waals surface area contributed by atoms with Crippen molar-refractivity contribution in [2.24, 2.45) is 0 Å². The fourth-order valence-corrected chi connectivity index (χ4v) is 16.6. The quantitative estimate of drug-likeness (QED) is 0.131.